The third-order valence-corrected chi connectivity index (χ3v) is 6.70. The Bertz CT molecular complexity index is 1390. The summed E-state index contributed by atoms with van der Waals surface area (Å²) in [6.45, 7) is 9.71. The Kier molecular flexibility index (Phi) is 17.3. The molecule has 246 valence electrons. The van der Waals surface area contributed by atoms with Crippen molar-refractivity contribution in [3.63, 3.8) is 0 Å². The Labute approximate surface area is 264 Å². The number of allylic oxidation sites excluding steroid dienone is 8. The second-order valence-electron chi connectivity index (χ2n) is 10.5. The molecule has 1 amide bonds. The van der Waals surface area contributed by atoms with Crippen LogP contribution in [0.4, 0.5) is 4.79 Å². The smallest absolute Gasteiger partial charge is 0.410 e. The van der Waals surface area contributed by atoms with Gasteiger partial charge in [-0.2, -0.15) is 0 Å². The minimum Gasteiger partial charge on any atom is -0.507 e. The third-order valence-electron chi connectivity index (χ3n) is 6.70. The maximum atomic E-state index is 13.0. The Morgan fingerprint density at radius 1 is 1.07 bits per heavy atom. The van der Waals surface area contributed by atoms with Gasteiger partial charge in [0.1, 0.15) is 23.2 Å². The zero-order valence-corrected chi connectivity index (χ0v) is 27.1. The number of carbonyl (C=O) groups excluding carboxylic acids is 4. The first-order valence-corrected chi connectivity index (χ1v) is 14.7. The summed E-state index contributed by atoms with van der Waals surface area (Å²) in [5.41, 5.74) is 0.561. The molecule has 11 heteroatoms. The fourth-order valence-electron chi connectivity index (χ4n) is 3.95. The van der Waals surface area contributed by atoms with Gasteiger partial charge in [-0.1, -0.05) is 49.0 Å². The fraction of sp³-hybridized carbons (Fsp3) is 0.441. The summed E-state index contributed by atoms with van der Waals surface area (Å²) >= 11 is 0. The molecule has 0 spiro atoms. The number of rotatable bonds is 17. The van der Waals surface area contributed by atoms with Crippen LogP contribution in [0, 0.1) is 0 Å². The van der Waals surface area contributed by atoms with E-state index in [1.165, 1.54) is 33.2 Å². The van der Waals surface area contributed by atoms with Gasteiger partial charge < -0.3 is 23.7 Å². The molecule has 1 aromatic heterocycles. The molecule has 0 radical (unpaired) electrons. The first kappa shape index (κ1) is 38.4. The number of alkyl carbamates (subject to hydrolysis) is 1. The lowest BCUT2D eigenvalue weighted by atomic mass is 9.99. The van der Waals surface area contributed by atoms with E-state index in [9.17, 15) is 29.1 Å². The van der Waals surface area contributed by atoms with Crippen LogP contribution >= 0.6 is 0 Å². The summed E-state index contributed by atoms with van der Waals surface area (Å²) in [6.07, 6.45) is 13.9. The maximum Gasteiger partial charge on any atom is 0.410 e. The molecule has 1 aromatic rings. The van der Waals surface area contributed by atoms with Crippen LogP contribution in [0.1, 0.15) is 95.7 Å². The molecule has 0 saturated carbocycles. The molecule has 1 rings (SSSR count). The molecule has 0 bridgehead atoms. The quantitative estimate of drug-likeness (QED) is 0.0498. The van der Waals surface area contributed by atoms with Gasteiger partial charge in [-0.15, -0.1) is 0 Å². The van der Waals surface area contributed by atoms with Crippen molar-refractivity contribution in [3.8, 4) is 5.75 Å². The minimum atomic E-state index is -0.934. The zero-order chi connectivity index (χ0) is 33.9. The van der Waals surface area contributed by atoms with Gasteiger partial charge in [-0.25, -0.2) is 14.4 Å². The van der Waals surface area contributed by atoms with Crippen LogP contribution in [0.5, 0.6) is 5.75 Å². The van der Waals surface area contributed by atoms with Crippen molar-refractivity contribution in [3.05, 3.63) is 87.2 Å². The molecule has 45 heavy (non-hydrogen) atoms. The topological polar surface area (TPSA) is 158 Å². The van der Waals surface area contributed by atoms with Crippen molar-refractivity contribution in [2.24, 2.45) is 0 Å². The number of carbonyl (C=O) groups is 4. The lowest BCUT2D eigenvalue weighted by Gasteiger charge is -2.19. The fourth-order valence-corrected chi connectivity index (χ4v) is 3.95. The average Bonchev–Trinajstić information content (AvgIpc) is 2.99. The average molecular weight is 628 g/mol. The first-order chi connectivity index (χ1) is 21.3. The van der Waals surface area contributed by atoms with Crippen molar-refractivity contribution in [1.29, 1.82) is 0 Å². The lowest BCUT2D eigenvalue weighted by molar-refractivity contribution is -0.160. The maximum absolute atomic E-state index is 13.0. The Morgan fingerprint density at radius 2 is 1.78 bits per heavy atom. The summed E-state index contributed by atoms with van der Waals surface area (Å²) < 4.78 is 20.1. The number of amides is 1. The van der Waals surface area contributed by atoms with Crippen LogP contribution in [-0.2, 0) is 23.8 Å². The molecule has 0 aromatic carbocycles. The molecular formula is C34H45NO10. The van der Waals surface area contributed by atoms with E-state index in [2.05, 4.69) is 10.1 Å². The van der Waals surface area contributed by atoms with Gasteiger partial charge in [0.15, 0.2) is 12.4 Å². The van der Waals surface area contributed by atoms with E-state index >= 15 is 0 Å². The molecule has 0 unspecified atom stereocenters. The largest absolute Gasteiger partial charge is 0.507 e. The molecule has 2 N–H and O–H groups in total. The van der Waals surface area contributed by atoms with E-state index in [-0.39, 0.29) is 17.3 Å². The molecule has 0 saturated heterocycles. The van der Waals surface area contributed by atoms with Gasteiger partial charge in [0.05, 0.1) is 7.11 Å². The normalized spacial score (nSPS) is 13.9. The number of aromatic hydroxyl groups is 1. The molecule has 0 aliphatic heterocycles. The van der Waals surface area contributed by atoms with Gasteiger partial charge in [-0.05, 0) is 70.9 Å². The Morgan fingerprint density at radius 3 is 2.40 bits per heavy atom. The van der Waals surface area contributed by atoms with Crippen molar-refractivity contribution >= 4 is 23.8 Å². The predicted molar refractivity (Wildman–Crippen MR) is 170 cm³/mol. The van der Waals surface area contributed by atoms with Gasteiger partial charge >= 0.3 is 23.7 Å². The number of Topliss-reactive ketones (excluding diaryl/α,β-unsaturated/α-hetero) is 1. The summed E-state index contributed by atoms with van der Waals surface area (Å²) in [7, 11) is 1.26. The summed E-state index contributed by atoms with van der Waals surface area (Å²) in [5.74, 6) is -2.37. The molecule has 0 aliphatic rings. The molecular weight excluding hydrogens is 582 g/mol. The summed E-state index contributed by atoms with van der Waals surface area (Å²) in [6, 6.07) is 1.28. The highest BCUT2D eigenvalue weighted by molar-refractivity contribution is 6.09. The Hall–Kier alpha value is -4.67. The second-order valence-corrected chi connectivity index (χ2v) is 10.5. The molecule has 0 aliphatic carbocycles. The van der Waals surface area contributed by atoms with E-state index in [1.54, 1.807) is 18.2 Å². The highest BCUT2D eigenvalue weighted by Crippen LogP contribution is 2.26. The predicted octanol–water partition coefficient (Wildman–Crippen LogP) is 6.34. The number of hydrogen-bond acceptors (Lipinski definition) is 10. The molecule has 11 nitrogen and oxygen atoms in total. The molecule has 0 fully saturated rings. The number of esters is 2. The third kappa shape index (κ3) is 14.6. The second kappa shape index (κ2) is 20.3. The first-order valence-electron chi connectivity index (χ1n) is 14.7. The van der Waals surface area contributed by atoms with Crippen molar-refractivity contribution in [2.75, 3.05) is 13.7 Å². The number of ketones is 1. The number of hydrogen-bond donors (Lipinski definition) is 2. The summed E-state index contributed by atoms with van der Waals surface area (Å²) in [5, 5.41) is 13.0. The van der Waals surface area contributed by atoms with Crippen molar-refractivity contribution in [2.45, 2.75) is 85.7 Å². The summed E-state index contributed by atoms with van der Waals surface area (Å²) in [4.78, 5) is 60.0. The van der Waals surface area contributed by atoms with Crippen molar-refractivity contribution < 1.29 is 42.9 Å². The van der Waals surface area contributed by atoms with Gasteiger partial charge in [0, 0.05) is 25.1 Å². The van der Waals surface area contributed by atoms with Crippen LogP contribution < -0.4 is 10.9 Å². The molecule has 2 atom stereocenters. The van der Waals surface area contributed by atoms with E-state index in [0.29, 0.717) is 32.1 Å². The van der Waals surface area contributed by atoms with E-state index < -0.39 is 53.5 Å². The zero-order valence-electron chi connectivity index (χ0n) is 27.1. The monoisotopic (exact) mass is 627 g/mol. The van der Waals surface area contributed by atoms with Gasteiger partial charge in [0.25, 0.3) is 0 Å². The lowest BCUT2D eigenvalue weighted by Crippen LogP contribution is -2.23. The van der Waals surface area contributed by atoms with Crippen LogP contribution in [0.2, 0.25) is 0 Å². The van der Waals surface area contributed by atoms with Crippen molar-refractivity contribution in [1.82, 2.24) is 5.32 Å². The standard InChI is InChI=1S/C34H45NO10/c1-8-9-10-13-23(3)28(44-30(38)21-43-26(6)36)18-16-22(2)15-17-25(5)32(39)31-27(37)20-29(45-33(31)40)24(4)14-11-12-19-35-34(41)42-7/h8-9,12-13,15,17,19-20,24,28,37H,10-11,14,16,18,21H2,1-7H3,(H,35,41)/b9-8+,19-12+,22-15+,23-13-,25-17+/t24-,28-/m1/s1. The van der Waals surface area contributed by atoms with Crippen LogP contribution in [0.15, 0.2) is 74.7 Å². The number of methoxy groups -OCH3 is 1. The minimum absolute atomic E-state index is 0.216. The van der Waals surface area contributed by atoms with Crippen LogP contribution in [0.3, 0.4) is 0 Å². The van der Waals surface area contributed by atoms with E-state index in [4.69, 9.17) is 13.9 Å². The van der Waals surface area contributed by atoms with E-state index in [0.717, 1.165) is 11.1 Å². The van der Waals surface area contributed by atoms with E-state index in [1.807, 2.05) is 45.9 Å². The molecule has 1 heterocycles. The van der Waals surface area contributed by atoms with Crippen LogP contribution in [-0.4, -0.2) is 48.7 Å². The van der Waals surface area contributed by atoms with Gasteiger partial charge in [0.2, 0.25) is 0 Å². The van der Waals surface area contributed by atoms with Gasteiger partial charge in [-0.3, -0.25) is 14.9 Å². The SMILES string of the molecule is C/C=C/C/C=C(/C)[C@@H](CC/C(C)=C/C=C(\C)C(=O)c1c(O)cc([C@H](C)CC/C=C/NC(=O)OC)oc1=O)OC(=O)COC(C)=O. The number of ether oxygens (including phenoxy) is 3. The highest BCUT2D eigenvalue weighted by atomic mass is 16.6. The Balaban J connectivity index is 2.95. The highest BCUT2D eigenvalue weighted by Gasteiger charge is 2.22. The van der Waals surface area contributed by atoms with Crippen LogP contribution in [0.25, 0.3) is 0 Å². The number of nitrogens with one attached hydrogen (secondary N) is 1.